The van der Waals surface area contributed by atoms with Crippen LogP contribution in [0, 0.1) is 6.92 Å². The van der Waals surface area contributed by atoms with Gasteiger partial charge in [0, 0.05) is 17.3 Å². The van der Waals surface area contributed by atoms with Crippen LogP contribution in [0.25, 0.3) is 0 Å². The van der Waals surface area contributed by atoms with Gasteiger partial charge in [-0.2, -0.15) is 0 Å². The highest BCUT2D eigenvalue weighted by molar-refractivity contribution is 7.09. The number of carboxylic acids is 1. The molecule has 0 amide bonds. The molecule has 0 fully saturated rings. The van der Waals surface area contributed by atoms with Crippen LogP contribution < -0.4 is 0 Å². The summed E-state index contributed by atoms with van der Waals surface area (Å²) < 4.78 is 0. The van der Waals surface area contributed by atoms with Crippen molar-refractivity contribution in [2.75, 3.05) is 0 Å². The summed E-state index contributed by atoms with van der Waals surface area (Å²) in [7, 11) is 0. The number of aromatic nitrogens is 3. The monoisotopic (exact) mass is 263 g/mol. The van der Waals surface area contributed by atoms with E-state index in [1.807, 2.05) is 19.2 Å². The molecule has 0 bridgehead atoms. The second kappa shape index (κ2) is 5.22. The van der Waals surface area contributed by atoms with Crippen molar-refractivity contribution in [2.45, 2.75) is 26.7 Å². The number of nitrogens with zero attached hydrogens (tertiary/aromatic N) is 3. The average molecular weight is 263 g/mol. The van der Waals surface area contributed by atoms with Crippen molar-refractivity contribution in [3.8, 4) is 0 Å². The molecule has 2 aromatic rings. The van der Waals surface area contributed by atoms with Gasteiger partial charge in [0.2, 0.25) is 0 Å². The van der Waals surface area contributed by atoms with Gasteiger partial charge in [0.25, 0.3) is 0 Å². The number of rotatable bonds is 4. The fraction of sp³-hybridized carbons (Fsp3) is 0.333. The molecule has 94 valence electrons. The molecule has 0 aliphatic carbocycles. The summed E-state index contributed by atoms with van der Waals surface area (Å²) in [6.07, 6.45) is 2.50. The van der Waals surface area contributed by atoms with E-state index >= 15 is 0 Å². The molecule has 1 N–H and O–H groups in total. The summed E-state index contributed by atoms with van der Waals surface area (Å²) in [6.45, 7) is 3.82. The lowest BCUT2D eigenvalue weighted by Gasteiger charge is -2.04. The van der Waals surface area contributed by atoms with Crippen LogP contribution in [-0.4, -0.2) is 26.0 Å². The van der Waals surface area contributed by atoms with Crippen LogP contribution in [0.4, 0.5) is 0 Å². The van der Waals surface area contributed by atoms with Crippen LogP contribution in [0.1, 0.15) is 39.5 Å². The molecule has 0 spiro atoms. The Hall–Kier alpha value is -1.82. The number of carbonyl (C=O) groups is 1. The van der Waals surface area contributed by atoms with Gasteiger partial charge in [0.05, 0.1) is 17.7 Å². The van der Waals surface area contributed by atoms with E-state index in [-0.39, 0.29) is 5.56 Å². The molecule has 2 heterocycles. The van der Waals surface area contributed by atoms with Crippen molar-refractivity contribution in [3.05, 3.63) is 39.4 Å². The molecule has 6 heteroatoms. The molecule has 0 aliphatic heterocycles. The molecule has 0 aromatic carbocycles. The second-order valence-corrected chi connectivity index (χ2v) is 4.81. The van der Waals surface area contributed by atoms with E-state index in [0.29, 0.717) is 24.4 Å². The Bertz CT molecular complexity index is 580. The van der Waals surface area contributed by atoms with Gasteiger partial charge in [-0.05, 0) is 13.3 Å². The van der Waals surface area contributed by atoms with Crippen molar-refractivity contribution in [3.63, 3.8) is 0 Å². The van der Waals surface area contributed by atoms with Crippen molar-refractivity contribution >= 4 is 17.3 Å². The Balaban J connectivity index is 2.27. The zero-order chi connectivity index (χ0) is 13.1. The highest BCUT2D eigenvalue weighted by atomic mass is 32.1. The third kappa shape index (κ3) is 2.70. The number of aryl methyl sites for hydroxylation is 2. The predicted octanol–water partition coefficient (Wildman–Crippen LogP) is 2.09. The highest BCUT2D eigenvalue weighted by Crippen LogP contribution is 2.13. The molecule has 0 saturated heterocycles. The maximum Gasteiger partial charge on any atom is 0.339 e. The maximum absolute atomic E-state index is 11.0. The molecule has 5 nitrogen and oxygen atoms in total. The van der Waals surface area contributed by atoms with Gasteiger partial charge in [0.1, 0.15) is 10.8 Å². The van der Waals surface area contributed by atoms with Crippen LogP contribution in [0.2, 0.25) is 0 Å². The quantitative estimate of drug-likeness (QED) is 0.914. The lowest BCUT2D eigenvalue weighted by atomic mass is 10.2. The van der Waals surface area contributed by atoms with Crippen LogP contribution in [-0.2, 0) is 12.8 Å². The molecular formula is C12H13N3O2S. The molecular weight excluding hydrogens is 250 g/mol. The zero-order valence-corrected chi connectivity index (χ0v) is 11.0. The van der Waals surface area contributed by atoms with E-state index in [1.165, 1.54) is 6.20 Å². The van der Waals surface area contributed by atoms with Crippen molar-refractivity contribution in [1.82, 2.24) is 15.0 Å². The smallest absolute Gasteiger partial charge is 0.339 e. The van der Waals surface area contributed by atoms with Gasteiger partial charge in [-0.25, -0.2) is 19.7 Å². The minimum Gasteiger partial charge on any atom is -0.478 e. The molecule has 0 radical (unpaired) electrons. The van der Waals surface area contributed by atoms with Crippen molar-refractivity contribution in [1.29, 1.82) is 0 Å². The molecule has 2 aromatic heterocycles. The predicted molar refractivity (Wildman–Crippen MR) is 68.0 cm³/mol. The second-order valence-electron chi connectivity index (χ2n) is 3.86. The molecule has 0 atom stereocenters. The molecule has 2 rings (SSSR count). The van der Waals surface area contributed by atoms with E-state index in [1.54, 1.807) is 11.3 Å². The fourth-order valence-corrected chi connectivity index (χ4v) is 2.38. The number of aromatic carboxylic acids is 1. The van der Waals surface area contributed by atoms with Gasteiger partial charge >= 0.3 is 5.97 Å². The summed E-state index contributed by atoms with van der Waals surface area (Å²) in [4.78, 5) is 23.7. The largest absolute Gasteiger partial charge is 0.478 e. The highest BCUT2D eigenvalue weighted by Gasteiger charge is 2.12. The first-order valence-electron chi connectivity index (χ1n) is 5.59. The van der Waals surface area contributed by atoms with Gasteiger partial charge < -0.3 is 5.11 Å². The van der Waals surface area contributed by atoms with Crippen LogP contribution >= 0.6 is 11.3 Å². The van der Waals surface area contributed by atoms with E-state index in [2.05, 4.69) is 15.0 Å². The van der Waals surface area contributed by atoms with Crippen LogP contribution in [0.15, 0.2) is 11.6 Å². The summed E-state index contributed by atoms with van der Waals surface area (Å²) >= 11 is 1.56. The normalized spacial score (nSPS) is 10.6. The van der Waals surface area contributed by atoms with Gasteiger partial charge in [0.15, 0.2) is 0 Å². The van der Waals surface area contributed by atoms with Gasteiger partial charge in [-0.1, -0.05) is 6.92 Å². The lowest BCUT2D eigenvalue weighted by molar-refractivity contribution is 0.0694. The van der Waals surface area contributed by atoms with Gasteiger partial charge in [-0.15, -0.1) is 11.3 Å². The van der Waals surface area contributed by atoms with Crippen LogP contribution in [0.3, 0.4) is 0 Å². The topological polar surface area (TPSA) is 76.0 Å². The number of thiazole rings is 1. The Morgan fingerprint density at radius 1 is 1.44 bits per heavy atom. The van der Waals surface area contributed by atoms with Crippen molar-refractivity contribution < 1.29 is 9.90 Å². The first kappa shape index (κ1) is 12.6. The summed E-state index contributed by atoms with van der Waals surface area (Å²) in [5, 5.41) is 11.9. The summed E-state index contributed by atoms with van der Waals surface area (Å²) in [5.74, 6) is -0.366. The Kier molecular flexibility index (Phi) is 3.66. The Labute approximate surface area is 109 Å². The first-order chi connectivity index (χ1) is 8.60. The van der Waals surface area contributed by atoms with E-state index < -0.39 is 5.97 Å². The number of hydrogen-bond donors (Lipinski definition) is 1. The first-order valence-corrected chi connectivity index (χ1v) is 6.47. The lowest BCUT2D eigenvalue weighted by Crippen LogP contribution is -2.08. The SMILES string of the molecule is CCc1nc(Cc2nc(C)cs2)ncc1C(=O)O. The molecule has 18 heavy (non-hydrogen) atoms. The molecule has 0 aliphatic rings. The van der Waals surface area contributed by atoms with Crippen molar-refractivity contribution in [2.24, 2.45) is 0 Å². The third-order valence-electron chi connectivity index (χ3n) is 2.46. The maximum atomic E-state index is 11.0. The number of carboxylic acid groups (broad SMARTS) is 1. The van der Waals surface area contributed by atoms with E-state index in [9.17, 15) is 4.79 Å². The minimum atomic E-state index is -0.983. The van der Waals surface area contributed by atoms with E-state index in [4.69, 9.17) is 5.11 Å². The summed E-state index contributed by atoms with van der Waals surface area (Å²) in [6, 6.07) is 0. The zero-order valence-electron chi connectivity index (χ0n) is 10.2. The average Bonchev–Trinajstić information content (AvgIpc) is 2.74. The minimum absolute atomic E-state index is 0.177. The van der Waals surface area contributed by atoms with E-state index in [0.717, 1.165) is 10.7 Å². The van der Waals surface area contributed by atoms with Crippen LogP contribution in [0.5, 0.6) is 0 Å². The molecule has 0 unspecified atom stereocenters. The summed E-state index contributed by atoms with van der Waals surface area (Å²) in [5.41, 5.74) is 1.73. The third-order valence-corrected chi connectivity index (χ3v) is 3.43. The Morgan fingerprint density at radius 2 is 2.22 bits per heavy atom. The Morgan fingerprint density at radius 3 is 2.78 bits per heavy atom. The van der Waals surface area contributed by atoms with Gasteiger partial charge in [-0.3, -0.25) is 0 Å². The standard InChI is InChI=1S/C12H13N3O2S/c1-3-9-8(12(16)17)5-13-10(15-9)4-11-14-7(2)6-18-11/h5-6H,3-4H2,1-2H3,(H,16,17). The molecule has 0 saturated carbocycles. The fourth-order valence-electron chi connectivity index (χ4n) is 1.61. The number of hydrogen-bond acceptors (Lipinski definition) is 5.